The molecule has 0 aromatic heterocycles. The summed E-state index contributed by atoms with van der Waals surface area (Å²) in [6, 6.07) is 0. The minimum Gasteiger partial charge on any atom is -0.316 e. The van der Waals surface area contributed by atoms with Crippen molar-refractivity contribution in [2.45, 2.75) is 58.8 Å². The van der Waals surface area contributed by atoms with Gasteiger partial charge in [-0.25, -0.2) is 0 Å². The van der Waals surface area contributed by atoms with Crippen molar-refractivity contribution < 1.29 is 0 Å². The van der Waals surface area contributed by atoms with Gasteiger partial charge in [0.2, 0.25) is 0 Å². The van der Waals surface area contributed by atoms with Gasteiger partial charge in [-0.3, -0.25) is 0 Å². The molecule has 1 aliphatic rings. The molecule has 1 N–H and O–H groups in total. The number of nitrogens with one attached hydrogen (secondary N) is 1. The standard InChI is InChI=1S/C13H27N/c1-3-12(2)11-14-10-9-13-7-5-4-6-8-13/h12-14H,3-11H2,1-2H3. The van der Waals surface area contributed by atoms with E-state index in [0.29, 0.717) is 0 Å². The first-order chi connectivity index (χ1) is 6.83. The summed E-state index contributed by atoms with van der Waals surface area (Å²) in [7, 11) is 0. The van der Waals surface area contributed by atoms with E-state index in [4.69, 9.17) is 0 Å². The summed E-state index contributed by atoms with van der Waals surface area (Å²) in [5, 5.41) is 3.58. The summed E-state index contributed by atoms with van der Waals surface area (Å²) in [5.41, 5.74) is 0. The van der Waals surface area contributed by atoms with Crippen molar-refractivity contribution in [3.8, 4) is 0 Å². The van der Waals surface area contributed by atoms with Crippen LogP contribution in [0.15, 0.2) is 0 Å². The maximum absolute atomic E-state index is 3.58. The number of hydrogen-bond acceptors (Lipinski definition) is 1. The van der Waals surface area contributed by atoms with Gasteiger partial charge < -0.3 is 5.32 Å². The summed E-state index contributed by atoms with van der Waals surface area (Å²) in [6.45, 7) is 7.05. The lowest BCUT2D eigenvalue weighted by atomic mass is 9.87. The molecule has 0 aromatic carbocycles. The molecule has 1 atom stereocenters. The Bertz CT molecular complexity index is 127. The average molecular weight is 197 g/mol. The fourth-order valence-electron chi connectivity index (χ4n) is 2.27. The highest BCUT2D eigenvalue weighted by molar-refractivity contribution is 4.67. The number of hydrogen-bond donors (Lipinski definition) is 1. The molecule has 1 saturated carbocycles. The van der Waals surface area contributed by atoms with Crippen molar-refractivity contribution in [1.82, 2.24) is 5.32 Å². The lowest BCUT2D eigenvalue weighted by Crippen LogP contribution is -2.24. The third-order valence-corrected chi connectivity index (χ3v) is 3.64. The fourth-order valence-corrected chi connectivity index (χ4v) is 2.27. The van der Waals surface area contributed by atoms with Crippen LogP contribution in [0.5, 0.6) is 0 Å². The van der Waals surface area contributed by atoms with Crippen LogP contribution in [0.25, 0.3) is 0 Å². The summed E-state index contributed by atoms with van der Waals surface area (Å²) >= 11 is 0. The van der Waals surface area contributed by atoms with Crippen LogP contribution in [0.4, 0.5) is 0 Å². The van der Waals surface area contributed by atoms with E-state index >= 15 is 0 Å². The first-order valence-electron chi connectivity index (χ1n) is 6.53. The lowest BCUT2D eigenvalue weighted by molar-refractivity contribution is 0.330. The predicted octanol–water partition coefficient (Wildman–Crippen LogP) is 3.59. The minimum absolute atomic E-state index is 0.848. The summed E-state index contributed by atoms with van der Waals surface area (Å²) in [6.07, 6.45) is 10.1. The first kappa shape index (κ1) is 12.0. The van der Waals surface area contributed by atoms with E-state index < -0.39 is 0 Å². The van der Waals surface area contributed by atoms with Gasteiger partial charge in [0.1, 0.15) is 0 Å². The van der Waals surface area contributed by atoms with Crippen LogP contribution in [-0.4, -0.2) is 13.1 Å². The Hall–Kier alpha value is -0.0400. The van der Waals surface area contributed by atoms with Crippen molar-refractivity contribution in [2.24, 2.45) is 11.8 Å². The van der Waals surface area contributed by atoms with Crippen molar-refractivity contribution in [3.05, 3.63) is 0 Å². The van der Waals surface area contributed by atoms with Crippen molar-refractivity contribution in [3.63, 3.8) is 0 Å². The van der Waals surface area contributed by atoms with Crippen molar-refractivity contribution in [1.29, 1.82) is 0 Å². The van der Waals surface area contributed by atoms with Gasteiger partial charge in [0.05, 0.1) is 0 Å². The molecule has 0 aliphatic heterocycles. The van der Waals surface area contributed by atoms with Gasteiger partial charge >= 0.3 is 0 Å². The molecule has 0 aromatic rings. The van der Waals surface area contributed by atoms with Crippen molar-refractivity contribution in [2.75, 3.05) is 13.1 Å². The third-order valence-electron chi connectivity index (χ3n) is 3.64. The maximum atomic E-state index is 3.58. The largest absolute Gasteiger partial charge is 0.316 e. The number of rotatable bonds is 6. The molecule has 0 bridgehead atoms. The van der Waals surface area contributed by atoms with E-state index in [0.717, 1.165) is 11.8 Å². The van der Waals surface area contributed by atoms with E-state index in [-0.39, 0.29) is 0 Å². The molecule has 1 rings (SSSR count). The second kappa shape index (κ2) is 7.28. The summed E-state index contributed by atoms with van der Waals surface area (Å²) in [5.74, 6) is 1.88. The van der Waals surface area contributed by atoms with Gasteiger partial charge in [0, 0.05) is 0 Å². The zero-order valence-electron chi connectivity index (χ0n) is 10.0. The predicted molar refractivity (Wildman–Crippen MR) is 63.5 cm³/mol. The molecule has 0 radical (unpaired) electrons. The Balaban J connectivity index is 1.92. The molecule has 0 heterocycles. The van der Waals surface area contributed by atoms with Crippen LogP contribution in [0.3, 0.4) is 0 Å². The molecular formula is C13H27N. The molecule has 1 nitrogen and oxygen atoms in total. The second-order valence-corrected chi connectivity index (χ2v) is 5.01. The molecule has 1 unspecified atom stereocenters. The normalized spacial score (nSPS) is 21.0. The second-order valence-electron chi connectivity index (χ2n) is 5.01. The zero-order chi connectivity index (χ0) is 10.2. The van der Waals surface area contributed by atoms with E-state index in [9.17, 15) is 0 Å². The highest BCUT2D eigenvalue weighted by Gasteiger charge is 2.12. The average Bonchev–Trinajstić information content (AvgIpc) is 2.25. The van der Waals surface area contributed by atoms with Crippen LogP contribution < -0.4 is 5.32 Å². The van der Waals surface area contributed by atoms with Crippen LogP contribution in [0, 0.1) is 11.8 Å². The highest BCUT2D eigenvalue weighted by atomic mass is 14.8. The SMILES string of the molecule is CCC(C)CNCCC1CCCCC1. The quantitative estimate of drug-likeness (QED) is 0.642. The van der Waals surface area contributed by atoms with Crippen LogP contribution >= 0.6 is 0 Å². The molecule has 0 amide bonds. The Kier molecular flexibility index (Phi) is 6.25. The van der Waals surface area contributed by atoms with Gasteiger partial charge in [0.25, 0.3) is 0 Å². The van der Waals surface area contributed by atoms with Gasteiger partial charge in [-0.05, 0) is 31.3 Å². The van der Waals surface area contributed by atoms with Crippen LogP contribution in [0.2, 0.25) is 0 Å². The van der Waals surface area contributed by atoms with Gasteiger partial charge in [-0.2, -0.15) is 0 Å². The van der Waals surface area contributed by atoms with Gasteiger partial charge in [-0.1, -0.05) is 52.4 Å². The Morgan fingerprint density at radius 2 is 1.93 bits per heavy atom. The van der Waals surface area contributed by atoms with Gasteiger partial charge in [-0.15, -0.1) is 0 Å². The van der Waals surface area contributed by atoms with E-state index in [1.54, 1.807) is 0 Å². The Morgan fingerprint density at radius 1 is 1.21 bits per heavy atom. The minimum atomic E-state index is 0.848. The van der Waals surface area contributed by atoms with Crippen LogP contribution in [0.1, 0.15) is 58.8 Å². The Morgan fingerprint density at radius 3 is 2.57 bits per heavy atom. The maximum Gasteiger partial charge on any atom is -0.00233 e. The zero-order valence-corrected chi connectivity index (χ0v) is 10.0. The third kappa shape index (κ3) is 4.99. The monoisotopic (exact) mass is 197 g/mol. The molecule has 1 aliphatic carbocycles. The van der Waals surface area contributed by atoms with Gasteiger partial charge in [0.15, 0.2) is 0 Å². The molecule has 0 saturated heterocycles. The molecule has 1 heteroatoms. The molecule has 1 fully saturated rings. The first-order valence-corrected chi connectivity index (χ1v) is 6.53. The van der Waals surface area contributed by atoms with E-state index in [1.165, 1.54) is 58.0 Å². The molecule has 84 valence electrons. The van der Waals surface area contributed by atoms with E-state index in [1.807, 2.05) is 0 Å². The topological polar surface area (TPSA) is 12.0 Å². The fraction of sp³-hybridized carbons (Fsp3) is 1.00. The molecule has 14 heavy (non-hydrogen) atoms. The Labute approximate surface area is 89.7 Å². The van der Waals surface area contributed by atoms with E-state index in [2.05, 4.69) is 19.2 Å². The summed E-state index contributed by atoms with van der Waals surface area (Å²) in [4.78, 5) is 0. The smallest absolute Gasteiger partial charge is 0.00233 e. The van der Waals surface area contributed by atoms with Crippen LogP contribution in [-0.2, 0) is 0 Å². The molecular weight excluding hydrogens is 170 g/mol. The highest BCUT2D eigenvalue weighted by Crippen LogP contribution is 2.25. The molecule has 0 spiro atoms. The summed E-state index contributed by atoms with van der Waals surface area (Å²) < 4.78 is 0. The van der Waals surface area contributed by atoms with Crippen molar-refractivity contribution >= 4 is 0 Å². The lowest BCUT2D eigenvalue weighted by Gasteiger charge is -2.21.